The third-order valence-electron chi connectivity index (χ3n) is 2.93. The lowest BCUT2D eigenvalue weighted by Crippen LogP contribution is -2.04. The molecular weight excluding hydrogens is 272 g/mol. The molecule has 0 aliphatic heterocycles. The fraction of sp³-hybridized carbons (Fsp3) is 0.214. The Labute approximate surface area is 116 Å². The number of halogens is 3. The van der Waals surface area contributed by atoms with Gasteiger partial charge in [0.05, 0.1) is 5.38 Å². The van der Waals surface area contributed by atoms with Crippen LogP contribution in [0.25, 0.3) is 0 Å². The Hall–Kier alpha value is -1.12. The van der Waals surface area contributed by atoms with Gasteiger partial charge in [0.1, 0.15) is 5.82 Å². The summed E-state index contributed by atoms with van der Waals surface area (Å²) < 4.78 is 13.7. The molecular formula is C14H12Cl2FN. The van der Waals surface area contributed by atoms with E-state index in [-0.39, 0.29) is 11.7 Å². The third-order valence-corrected chi connectivity index (χ3v) is 3.77. The highest BCUT2D eigenvalue weighted by molar-refractivity contribution is 6.30. The van der Waals surface area contributed by atoms with Gasteiger partial charge in [-0.05, 0) is 35.9 Å². The van der Waals surface area contributed by atoms with Crippen LogP contribution in [0.15, 0.2) is 42.7 Å². The van der Waals surface area contributed by atoms with Crippen LogP contribution in [-0.2, 0) is 0 Å². The van der Waals surface area contributed by atoms with Crippen LogP contribution in [0, 0.1) is 5.82 Å². The maximum absolute atomic E-state index is 13.7. The number of benzene rings is 1. The Balaban J connectivity index is 2.31. The molecule has 1 heterocycles. The second-order valence-corrected chi connectivity index (χ2v) is 5.04. The van der Waals surface area contributed by atoms with E-state index in [1.807, 2.05) is 19.1 Å². The molecule has 2 unspecified atom stereocenters. The summed E-state index contributed by atoms with van der Waals surface area (Å²) >= 11 is 12.2. The largest absolute Gasteiger partial charge is 0.265 e. The van der Waals surface area contributed by atoms with Crippen molar-refractivity contribution in [3.05, 3.63) is 64.7 Å². The Morgan fingerprint density at radius 1 is 1.17 bits per heavy atom. The summed E-state index contributed by atoms with van der Waals surface area (Å²) in [6.45, 7) is 1.95. The Bertz CT molecular complexity index is 531. The minimum absolute atomic E-state index is 0.0253. The normalized spacial score (nSPS) is 14.2. The van der Waals surface area contributed by atoms with Crippen LogP contribution in [0.3, 0.4) is 0 Å². The number of alkyl halides is 1. The molecule has 0 spiro atoms. The van der Waals surface area contributed by atoms with Crippen molar-refractivity contribution in [1.82, 2.24) is 4.98 Å². The maximum atomic E-state index is 13.7. The van der Waals surface area contributed by atoms with E-state index >= 15 is 0 Å². The van der Waals surface area contributed by atoms with Crippen molar-refractivity contribution in [2.45, 2.75) is 18.2 Å². The molecule has 0 saturated carbocycles. The lowest BCUT2D eigenvalue weighted by molar-refractivity contribution is 0.592. The number of hydrogen-bond donors (Lipinski definition) is 0. The molecule has 2 aromatic rings. The van der Waals surface area contributed by atoms with Crippen LogP contribution in [-0.4, -0.2) is 4.98 Å². The molecule has 18 heavy (non-hydrogen) atoms. The molecule has 4 heteroatoms. The fourth-order valence-corrected chi connectivity index (χ4v) is 2.32. The first kappa shape index (κ1) is 13.3. The second kappa shape index (κ2) is 5.68. The standard InChI is InChI=1S/C14H12Cl2FN/c1-9(10-4-6-18-7-5-10)14(16)12-8-11(15)2-3-13(12)17/h2-9,14H,1H3. The number of rotatable bonds is 3. The van der Waals surface area contributed by atoms with Crippen molar-refractivity contribution in [1.29, 1.82) is 0 Å². The van der Waals surface area contributed by atoms with Gasteiger partial charge in [0, 0.05) is 28.9 Å². The van der Waals surface area contributed by atoms with Gasteiger partial charge in [-0.2, -0.15) is 0 Å². The Kier molecular flexibility index (Phi) is 4.20. The molecule has 1 aromatic carbocycles. The summed E-state index contributed by atoms with van der Waals surface area (Å²) in [6.07, 6.45) is 3.40. The van der Waals surface area contributed by atoms with Gasteiger partial charge < -0.3 is 0 Å². The van der Waals surface area contributed by atoms with Crippen molar-refractivity contribution in [2.24, 2.45) is 0 Å². The highest BCUT2D eigenvalue weighted by Crippen LogP contribution is 2.37. The molecule has 0 radical (unpaired) electrons. The zero-order valence-corrected chi connectivity index (χ0v) is 11.3. The Morgan fingerprint density at radius 2 is 1.83 bits per heavy atom. The van der Waals surface area contributed by atoms with Gasteiger partial charge in [-0.3, -0.25) is 4.98 Å². The predicted molar refractivity (Wildman–Crippen MR) is 72.7 cm³/mol. The summed E-state index contributed by atoms with van der Waals surface area (Å²) in [5, 5.41) is 0.0186. The van der Waals surface area contributed by atoms with E-state index in [1.54, 1.807) is 18.5 Å². The number of aromatic nitrogens is 1. The molecule has 0 bridgehead atoms. The summed E-state index contributed by atoms with van der Waals surface area (Å²) in [7, 11) is 0. The molecule has 0 aliphatic carbocycles. The first-order valence-electron chi connectivity index (χ1n) is 5.58. The van der Waals surface area contributed by atoms with Crippen molar-refractivity contribution in [3.8, 4) is 0 Å². The summed E-state index contributed by atoms with van der Waals surface area (Å²) in [5.74, 6) is -0.358. The lowest BCUT2D eigenvalue weighted by atomic mass is 9.93. The van der Waals surface area contributed by atoms with Crippen LogP contribution < -0.4 is 0 Å². The molecule has 0 saturated heterocycles. The van der Waals surface area contributed by atoms with E-state index in [2.05, 4.69) is 4.98 Å². The summed E-state index contributed by atoms with van der Waals surface area (Å²) in [4.78, 5) is 3.95. The zero-order chi connectivity index (χ0) is 13.1. The van der Waals surface area contributed by atoms with Crippen molar-refractivity contribution in [2.75, 3.05) is 0 Å². The topological polar surface area (TPSA) is 12.9 Å². The van der Waals surface area contributed by atoms with Crippen LogP contribution in [0.4, 0.5) is 4.39 Å². The monoisotopic (exact) mass is 283 g/mol. The third kappa shape index (κ3) is 2.82. The van der Waals surface area contributed by atoms with E-state index in [4.69, 9.17) is 23.2 Å². The van der Waals surface area contributed by atoms with E-state index in [0.717, 1.165) is 5.56 Å². The van der Waals surface area contributed by atoms with Crippen molar-refractivity contribution in [3.63, 3.8) is 0 Å². The lowest BCUT2D eigenvalue weighted by Gasteiger charge is -2.19. The minimum Gasteiger partial charge on any atom is -0.265 e. The first-order valence-corrected chi connectivity index (χ1v) is 6.40. The average molecular weight is 284 g/mol. The highest BCUT2D eigenvalue weighted by Gasteiger charge is 2.21. The SMILES string of the molecule is CC(c1ccncc1)C(Cl)c1cc(Cl)ccc1F. The van der Waals surface area contributed by atoms with Gasteiger partial charge in [0.2, 0.25) is 0 Å². The van der Waals surface area contributed by atoms with Gasteiger partial charge in [-0.1, -0.05) is 18.5 Å². The van der Waals surface area contributed by atoms with E-state index in [0.29, 0.717) is 10.6 Å². The van der Waals surface area contributed by atoms with Crippen molar-refractivity contribution >= 4 is 23.2 Å². The van der Waals surface area contributed by atoms with Gasteiger partial charge >= 0.3 is 0 Å². The average Bonchev–Trinajstić information content (AvgIpc) is 2.41. The number of nitrogens with zero attached hydrogens (tertiary/aromatic N) is 1. The molecule has 0 N–H and O–H groups in total. The van der Waals surface area contributed by atoms with E-state index in [9.17, 15) is 4.39 Å². The molecule has 1 nitrogen and oxygen atoms in total. The van der Waals surface area contributed by atoms with Gasteiger partial charge in [-0.15, -0.1) is 11.6 Å². The second-order valence-electron chi connectivity index (χ2n) is 4.14. The van der Waals surface area contributed by atoms with Gasteiger partial charge in [0.25, 0.3) is 0 Å². The van der Waals surface area contributed by atoms with Crippen molar-refractivity contribution < 1.29 is 4.39 Å². The Morgan fingerprint density at radius 3 is 2.50 bits per heavy atom. The highest BCUT2D eigenvalue weighted by atomic mass is 35.5. The minimum atomic E-state index is -0.467. The molecule has 0 fully saturated rings. The van der Waals surface area contributed by atoms with Gasteiger partial charge in [0.15, 0.2) is 0 Å². The molecule has 2 rings (SSSR count). The maximum Gasteiger partial charge on any atom is 0.128 e. The smallest absolute Gasteiger partial charge is 0.128 e. The van der Waals surface area contributed by atoms with Gasteiger partial charge in [-0.25, -0.2) is 4.39 Å². The fourth-order valence-electron chi connectivity index (χ4n) is 1.83. The molecule has 94 valence electrons. The first-order chi connectivity index (χ1) is 8.59. The van der Waals surface area contributed by atoms with E-state index in [1.165, 1.54) is 12.1 Å². The number of pyridine rings is 1. The predicted octanol–water partition coefficient (Wildman–Crippen LogP) is 4.96. The molecule has 0 amide bonds. The van der Waals surface area contributed by atoms with Crippen LogP contribution in [0.1, 0.15) is 29.3 Å². The molecule has 2 atom stereocenters. The van der Waals surface area contributed by atoms with Crippen LogP contribution in [0.5, 0.6) is 0 Å². The molecule has 0 aliphatic rings. The van der Waals surface area contributed by atoms with E-state index < -0.39 is 5.38 Å². The van der Waals surface area contributed by atoms with Crippen LogP contribution in [0.2, 0.25) is 5.02 Å². The quantitative estimate of drug-likeness (QED) is 0.726. The molecule has 1 aromatic heterocycles. The van der Waals surface area contributed by atoms with Crippen LogP contribution >= 0.6 is 23.2 Å². The summed E-state index contributed by atoms with van der Waals surface area (Å²) in [5.41, 5.74) is 1.44. The summed E-state index contributed by atoms with van der Waals surface area (Å²) in [6, 6.07) is 8.19. The zero-order valence-electron chi connectivity index (χ0n) is 9.78. The number of hydrogen-bond acceptors (Lipinski definition) is 1.